The van der Waals surface area contributed by atoms with Crippen LogP contribution in [-0.4, -0.2) is 18.6 Å². The fourth-order valence-corrected chi connectivity index (χ4v) is 7.44. The highest BCUT2D eigenvalue weighted by Gasteiger charge is 2.49. The quantitative estimate of drug-likeness (QED) is 0.810. The Morgan fingerprint density at radius 1 is 0.826 bits per heavy atom. The van der Waals surface area contributed by atoms with Crippen molar-refractivity contribution in [2.75, 3.05) is 6.54 Å². The normalized spacial score (nSPS) is 49.6. The van der Waals surface area contributed by atoms with Gasteiger partial charge in [0.05, 0.1) is 0 Å². The summed E-state index contributed by atoms with van der Waals surface area (Å²) in [4.78, 5) is 12.3. The van der Waals surface area contributed by atoms with Crippen molar-refractivity contribution in [3.63, 3.8) is 0 Å². The standard InChI is InChI=1S/C20H32N2O/c23-20(21-4-3-16-7-12-1-2-15(16)6-12)22-19-11-14-5-13-8-17(9-14)18(19)10-13/h12-19H,1-11H2,(H2,21,22,23). The molecular weight excluding hydrogens is 284 g/mol. The van der Waals surface area contributed by atoms with E-state index >= 15 is 0 Å². The van der Waals surface area contributed by atoms with Crippen LogP contribution >= 0.6 is 0 Å². The Kier molecular flexibility index (Phi) is 3.60. The van der Waals surface area contributed by atoms with E-state index in [4.69, 9.17) is 0 Å². The van der Waals surface area contributed by atoms with E-state index in [2.05, 4.69) is 10.6 Å². The van der Waals surface area contributed by atoms with Crippen LogP contribution in [0.25, 0.3) is 0 Å². The number of hydrogen-bond acceptors (Lipinski definition) is 1. The molecule has 0 radical (unpaired) electrons. The SMILES string of the molecule is O=C(NCCC1CC2CCC1C2)NC1CC2CC3CC(C2)C1C3. The van der Waals surface area contributed by atoms with Gasteiger partial charge in [0.25, 0.3) is 0 Å². The first-order chi connectivity index (χ1) is 11.2. The number of carbonyl (C=O) groups excluding carboxylic acids is 1. The van der Waals surface area contributed by atoms with Crippen molar-refractivity contribution in [3.8, 4) is 0 Å². The Morgan fingerprint density at radius 2 is 1.65 bits per heavy atom. The summed E-state index contributed by atoms with van der Waals surface area (Å²) in [6.45, 7) is 0.882. The number of amides is 2. The number of rotatable bonds is 4. The Bertz CT molecular complexity index is 476. The molecule has 0 spiro atoms. The molecule has 0 aromatic carbocycles. The molecule has 2 amide bonds. The van der Waals surface area contributed by atoms with E-state index in [0.717, 1.165) is 48.0 Å². The van der Waals surface area contributed by atoms with Crippen LogP contribution in [0.15, 0.2) is 0 Å². The van der Waals surface area contributed by atoms with Crippen molar-refractivity contribution in [1.82, 2.24) is 10.6 Å². The largest absolute Gasteiger partial charge is 0.338 e. The molecule has 0 aromatic heterocycles. The first kappa shape index (κ1) is 14.6. The maximum Gasteiger partial charge on any atom is 0.315 e. The summed E-state index contributed by atoms with van der Waals surface area (Å²) in [6.07, 6.45) is 14.0. The molecule has 128 valence electrons. The third-order valence-corrected chi connectivity index (χ3v) is 8.26. The second kappa shape index (κ2) is 5.67. The zero-order valence-corrected chi connectivity index (χ0v) is 14.3. The van der Waals surface area contributed by atoms with Crippen molar-refractivity contribution >= 4 is 6.03 Å². The van der Waals surface area contributed by atoms with Crippen LogP contribution in [0, 0.1) is 41.4 Å². The zero-order valence-electron chi connectivity index (χ0n) is 14.3. The minimum absolute atomic E-state index is 0.114. The van der Waals surface area contributed by atoms with Crippen LogP contribution in [-0.2, 0) is 0 Å². The van der Waals surface area contributed by atoms with Crippen LogP contribution < -0.4 is 10.6 Å². The van der Waals surface area contributed by atoms with Gasteiger partial charge in [-0.05, 0) is 99.2 Å². The molecule has 0 aliphatic heterocycles. The molecule has 5 aliphatic carbocycles. The van der Waals surface area contributed by atoms with Crippen molar-refractivity contribution in [1.29, 1.82) is 0 Å². The number of hydrogen-bond donors (Lipinski definition) is 2. The first-order valence-electron chi connectivity index (χ1n) is 10.3. The van der Waals surface area contributed by atoms with Gasteiger partial charge in [-0.25, -0.2) is 4.79 Å². The Morgan fingerprint density at radius 3 is 2.43 bits per heavy atom. The first-order valence-corrected chi connectivity index (χ1v) is 10.3. The predicted molar refractivity (Wildman–Crippen MR) is 90.9 cm³/mol. The van der Waals surface area contributed by atoms with Gasteiger partial charge in [0, 0.05) is 12.6 Å². The maximum atomic E-state index is 12.3. The van der Waals surface area contributed by atoms with Gasteiger partial charge in [-0.1, -0.05) is 6.42 Å². The lowest BCUT2D eigenvalue weighted by Crippen LogP contribution is -2.49. The molecule has 5 aliphatic rings. The highest BCUT2D eigenvalue weighted by atomic mass is 16.2. The summed E-state index contributed by atoms with van der Waals surface area (Å²) in [7, 11) is 0. The van der Waals surface area contributed by atoms with Gasteiger partial charge in [0.2, 0.25) is 0 Å². The van der Waals surface area contributed by atoms with E-state index in [0.29, 0.717) is 6.04 Å². The summed E-state index contributed by atoms with van der Waals surface area (Å²) < 4.78 is 0. The molecular formula is C20H32N2O. The van der Waals surface area contributed by atoms with Gasteiger partial charge in [-0.2, -0.15) is 0 Å². The summed E-state index contributed by atoms with van der Waals surface area (Å²) >= 11 is 0. The van der Waals surface area contributed by atoms with Gasteiger partial charge in [0.15, 0.2) is 0 Å². The lowest BCUT2D eigenvalue weighted by Gasteiger charge is -2.39. The number of carbonyl (C=O) groups is 1. The zero-order chi connectivity index (χ0) is 15.4. The fraction of sp³-hybridized carbons (Fsp3) is 0.950. The maximum absolute atomic E-state index is 12.3. The molecule has 0 saturated heterocycles. The van der Waals surface area contributed by atoms with Crippen molar-refractivity contribution < 1.29 is 4.79 Å². The van der Waals surface area contributed by atoms with E-state index in [-0.39, 0.29) is 6.03 Å². The minimum Gasteiger partial charge on any atom is -0.338 e. The molecule has 5 rings (SSSR count). The average Bonchev–Trinajstić information content (AvgIpc) is 3.18. The van der Waals surface area contributed by atoms with Gasteiger partial charge in [-0.3, -0.25) is 0 Å². The average molecular weight is 316 g/mol. The number of nitrogens with one attached hydrogen (secondary N) is 2. The molecule has 0 aromatic rings. The summed E-state index contributed by atoms with van der Waals surface area (Å²) in [6, 6.07) is 0.580. The summed E-state index contributed by atoms with van der Waals surface area (Å²) in [5.74, 6) is 6.49. The highest BCUT2D eigenvalue weighted by molar-refractivity contribution is 5.74. The van der Waals surface area contributed by atoms with E-state index in [1.807, 2.05) is 0 Å². The van der Waals surface area contributed by atoms with Crippen LogP contribution in [0.5, 0.6) is 0 Å². The topological polar surface area (TPSA) is 41.1 Å². The lowest BCUT2D eigenvalue weighted by atomic mass is 9.70. The molecule has 8 unspecified atom stereocenters. The Balaban J connectivity index is 1.08. The molecule has 23 heavy (non-hydrogen) atoms. The molecule has 3 heteroatoms. The van der Waals surface area contributed by atoms with E-state index in [1.54, 1.807) is 0 Å². The molecule has 5 bridgehead atoms. The molecule has 3 nitrogen and oxygen atoms in total. The second-order valence-electron chi connectivity index (χ2n) is 9.56. The van der Waals surface area contributed by atoms with E-state index in [1.165, 1.54) is 64.2 Å². The van der Waals surface area contributed by atoms with E-state index < -0.39 is 0 Å². The monoisotopic (exact) mass is 316 g/mol. The molecule has 0 heterocycles. The minimum atomic E-state index is 0.114. The number of fused-ring (bicyclic) bond motifs is 4. The van der Waals surface area contributed by atoms with Crippen LogP contribution in [0.2, 0.25) is 0 Å². The van der Waals surface area contributed by atoms with E-state index in [9.17, 15) is 4.79 Å². The molecule has 5 fully saturated rings. The van der Waals surface area contributed by atoms with Gasteiger partial charge < -0.3 is 10.6 Å². The molecule has 2 N–H and O–H groups in total. The van der Waals surface area contributed by atoms with Crippen molar-refractivity contribution in [3.05, 3.63) is 0 Å². The Labute approximate surface area is 140 Å². The van der Waals surface area contributed by atoms with Crippen molar-refractivity contribution in [2.45, 2.75) is 70.3 Å². The summed E-state index contributed by atoms with van der Waals surface area (Å²) in [5, 5.41) is 6.53. The second-order valence-corrected chi connectivity index (χ2v) is 9.56. The lowest BCUT2D eigenvalue weighted by molar-refractivity contribution is 0.139. The fourth-order valence-electron chi connectivity index (χ4n) is 7.44. The predicted octanol–water partition coefficient (Wildman–Crippen LogP) is 3.94. The van der Waals surface area contributed by atoms with Crippen LogP contribution in [0.4, 0.5) is 4.79 Å². The van der Waals surface area contributed by atoms with Crippen LogP contribution in [0.3, 0.4) is 0 Å². The molecule has 8 atom stereocenters. The Hall–Kier alpha value is -0.730. The molecule has 5 saturated carbocycles. The van der Waals surface area contributed by atoms with Crippen molar-refractivity contribution in [2.24, 2.45) is 41.4 Å². The highest BCUT2D eigenvalue weighted by Crippen LogP contribution is 2.55. The van der Waals surface area contributed by atoms with Gasteiger partial charge in [-0.15, -0.1) is 0 Å². The third kappa shape index (κ3) is 2.68. The summed E-state index contributed by atoms with van der Waals surface area (Å²) in [5.41, 5.74) is 0. The van der Waals surface area contributed by atoms with Crippen LogP contribution in [0.1, 0.15) is 64.2 Å². The van der Waals surface area contributed by atoms with Gasteiger partial charge >= 0.3 is 6.03 Å². The number of urea groups is 1. The smallest absolute Gasteiger partial charge is 0.315 e. The van der Waals surface area contributed by atoms with Gasteiger partial charge in [0.1, 0.15) is 0 Å². The third-order valence-electron chi connectivity index (χ3n) is 8.26.